The first-order chi connectivity index (χ1) is 13.9. The van der Waals surface area contributed by atoms with Gasteiger partial charge in [-0.1, -0.05) is 12.1 Å². The number of carboxylic acid groups (broad SMARTS) is 1. The summed E-state index contributed by atoms with van der Waals surface area (Å²) in [6.45, 7) is 0. The summed E-state index contributed by atoms with van der Waals surface area (Å²) in [5.41, 5.74) is 2.50. The van der Waals surface area contributed by atoms with E-state index in [1.165, 1.54) is 12.1 Å². The zero-order valence-corrected chi connectivity index (χ0v) is 15.9. The van der Waals surface area contributed by atoms with Gasteiger partial charge in [-0.3, -0.25) is 9.52 Å². The van der Waals surface area contributed by atoms with Gasteiger partial charge in [-0.05, 0) is 54.4 Å². The quantitative estimate of drug-likeness (QED) is 0.426. The maximum absolute atomic E-state index is 12.7. The molecule has 4 rings (SSSR count). The lowest BCUT2D eigenvalue weighted by Crippen LogP contribution is -2.13. The van der Waals surface area contributed by atoms with E-state index in [4.69, 9.17) is 9.52 Å². The lowest BCUT2D eigenvalue weighted by Gasteiger charge is -2.09. The fraction of sp³-hybridized carbons (Fsp3) is 0.100. The molecule has 0 fully saturated rings. The third kappa shape index (κ3) is 4.14. The summed E-state index contributed by atoms with van der Waals surface area (Å²) >= 11 is 0. The van der Waals surface area contributed by atoms with Crippen molar-refractivity contribution in [1.29, 1.82) is 0 Å². The number of rotatable bonds is 7. The maximum Gasteiger partial charge on any atom is 0.303 e. The lowest BCUT2D eigenvalue weighted by atomic mass is 10.1. The van der Waals surface area contributed by atoms with E-state index in [0.717, 1.165) is 5.56 Å². The minimum absolute atomic E-state index is 0.00542. The number of carboxylic acids is 1. The highest BCUT2D eigenvalue weighted by atomic mass is 32.2. The van der Waals surface area contributed by atoms with Gasteiger partial charge in [-0.2, -0.15) is 0 Å². The molecule has 2 aromatic heterocycles. The van der Waals surface area contributed by atoms with Gasteiger partial charge < -0.3 is 14.5 Å². The van der Waals surface area contributed by atoms with E-state index in [-0.39, 0.29) is 11.3 Å². The Bertz CT molecular complexity index is 1260. The zero-order valence-electron chi connectivity index (χ0n) is 15.1. The number of aliphatic carboxylic acids is 1. The van der Waals surface area contributed by atoms with Crippen molar-refractivity contribution in [2.24, 2.45) is 0 Å². The summed E-state index contributed by atoms with van der Waals surface area (Å²) in [5.74, 6) is 0.251. The van der Waals surface area contributed by atoms with E-state index in [1.807, 2.05) is 0 Å². The fourth-order valence-corrected chi connectivity index (χ4v) is 3.95. The topological polar surface area (TPSA) is 125 Å². The number of aromatic amines is 1. The van der Waals surface area contributed by atoms with Crippen molar-refractivity contribution in [1.82, 2.24) is 9.97 Å². The summed E-state index contributed by atoms with van der Waals surface area (Å²) in [5, 5.41) is 8.74. The van der Waals surface area contributed by atoms with Gasteiger partial charge in [0.25, 0.3) is 10.0 Å². The number of nitrogens with zero attached hydrogens (tertiary/aromatic N) is 1. The first kappa shape index (κ1) is 18.8. The Balaban J connectivity index is 1.54. The van der Waals surface area contributed by atoms with Crippen LogP contribution >= 0.6 is 0 Å². The van der Waals surface area contributed by atoms with Crippen LogP contribution in [0.25, 0.3) is 22.6 Å². The van der Waals surface area contributed by atoms with Crippen LogP contribution < -0.4 is 4.72 Å². The first-order valence-electron chi connectivity index (χ1n) is 8.78. The minimum Gasteiger partial charge on any atom is -0.481 e. The molecule has 0 atom stereocenters. The normalized spacial score (nSPS) is 11.6. The SMILES string of the molecule is O=C(O)CCc1ccc(S(=O)(=O)Nc2ccc3nc(-c4ccco4)[nH]c3c2)cc1. The van der Waals surface area contributed by atoms with Crippen LogP contribution in [0.2, 0.25) is 0 Å². The van der Waals surface area contributed by atoms with E-state index in [0.29, 0.717) is 34.7 Å². The molecule has 0 bridgehead atoms. The van der Waals surface area contributed by atoms with Crippen molar-refractivity contribution >= 4 is 32.7 Å². The largest absolute Gasteiger partial charge is 0.481 e. The van der Waals surface area contributed by atoms with Crippen LogP contribution in [-0.2, 0) is 21.2 Å². The number of furan rings is 1. The molecular weight excluding hydrogens is 394 g/mol. The number of hydrogen-bond donors (Lipinski definition) is 3. The Morgan fingerprint density at radius 1 is 1.14 bits per heavy atom. The van der Waals surface area contributed by atoms with Crippen LogP contribution in [-0.4, -0.2) is 29.5 Å². The van der Waals surface area contributed by atoms with Gasteiger partial charge in [-0.25, -0.2) is 13.4 Å². The number of H-pyrrole nitrogens is 1. The first-order valence-corrected chi connectivity index (χ1v) is 10.3. The van der Waals surface area contributed by atoms with Gasteiger partial charge in [0.15, 0.2) is 11.6 Å². The van der Waals surface area contributed by atoms with Crippen molar-refractivity contribution in [3.05, 3.63) is 66.4 Å². The van der Waals surface area contributed by atoms with Gasteiger partial charge in [-0.15, -0.1) is 0 Å². The molecule has 0 aliphatic heterocycles. The second-order valence-corrected chi connectivity index (χ2v) is 8.12. The predicted octanol–water partition coefficient (Wildman–Crippen LogP) is 3.64. The summed E-state index contributed by atoms with van der Waals surface area (Å²) in [7, 11) is -3.79. The molecule has 0 aliphatic rings. The van der Waals surface area contributed by atoms with Gasteiger partial charge in [0.1, 0.15) is 0 Å². The number of fused-ring (bicyclic) bond motifs is 1. The van der Waals surface area contributed by atoms with Crippen LogP contribution in [0.4, 0.5) is 5.69 Å². The average Bonchev–Trinajstić information content (AvgIpc) is 3.35. The van der Waals surface area contributed by atoms with Crippen LogP contribution in [0.5, 0.6) is 0 Å². The number of anilines is 1. The molecule has 0 saturated carbocycles. The highest BCUT2D eigenvalue weighted by Gasteiger charge is 2.15. The molecule has 0 aliphatic carbocycles. The van der Waals surface area contributed by atoms with Gasteiger partial charge in [0, 0.05) is 6.42 Å². The molecule has 2 heterocycles. The molecule has 0 amide bonds. The fourth-order valence-electron chi connectivity index (χ4n) is 2.90. The number of aromatic nitrogens is 2. The highest BCUT2D eigenvalue weighted by Crippen LogP contribution is 2.24. The Labute approximate surface area is 166 Å². The maximum atomic E-state index is 12.7. The predicted molar refractivity (Wildman–Crippen MR) is 107 cm³/mol. The van der Waals surface area contributed by atoms with Gasteiger partial charge in [0.05, 0.1) is 27.9 Å². The highest BCUT2D eigenvalue weighted by molar-refractivity contribution is 7.92. The van der Waals surface area contributed by atoms with Crippen LogP contribution in [0.1, 0.15) is 12.0 Å². The molecule has 29 heavy (non-hydrogen) atoms. The molecule has 0 radical (unpaired) electrons. The minimum atomic E-state index is -3.79. The molecular formula is C20H17N3O5S. The average molecular weight is 411 g/mol. The van der Waals surface area contributed by atoms with E-state index < -0.39 is 16.0 Å². The smallest absolute Gasteiger partial charge is 0.303 e. The summed E-state index contributed by atoms with van der Waals surface area (Å²) in [4.78, 5) is 18.3. The molecule has 8 nitrogen and oxygen atoms in total. The third-order valence-corrected chi connectivity index (χ3v) is 5.75. The van der Waals surface area contributed by atoms with Gasteiger partial charge in [0.2, 0.25) is 0 Å². The van der Waals surface area contributed by atoms with Crippen molar-refractivity contribution in [3.63, 3.8) is 0 Å². The third-order valence-electron chi connectivity index (χ3n) is 4.35. The molecule has 2 aromatic carbocycles. The van der Waals surface area contributed by atoms with Crippen molar-refractivity contribution < 1.29 is 22.7 Å². The summed E-state index contributed by atoms with van der Waals surface area (Å²) < 4.78 is 33.2. The van der Waals surface area contributed by atoms with E-state index in [1.54, 1.807) is 48.7 Å². The Hall–Kier alpha value is -3.59. The molecule has 0 saturated heterocycles. The van der Waals surface area contributed by atoms with E-state index in [2.05, 4.69) is 14.7 Å². The molecule has 4 aromatic rings. The number of hydrogen-bond acceptors (Lipinski definition) is 5. The zero-order chi connectivity index (χ0) is 20.4. The number of carbonyl (C=O) groups is 1. The summed E-state index contributed by atoms with van der Waals surface area (Å²) in [6.07, 6.45) is 1.89. The number of sulfonamides is 1. The summed E-state index contributed by atoms with van der Waals surface area (Å²) in [6, 6.07) is 14.7. The van der Waals surface area contributed by atoms with Crippen molar-refractivity contribution in [2.45, 2.75) is 17.7 Å². The molecule has 0 unspecified atom stereocenters. The molecule has 9 heteroatoms. The number of aryl methyl sites for hydroxylation is 1. The van der Waals surface area contributed by atoms with Crippen LogP contribution in [0, 0.1) is 0 Å². The van der Waals surface area contributed by atoms with Crippen LogP contribution in [0.3, 0.4) is 0 Å². The molecule has 3 N–H and O–H groups in total. The number of imidazole rings is 1. The number of nitrogens with one attached hydrogen (secondary N) is 2. The second-order valence-electron chi connectivity index (χ2n) is 6.44. The van der Waals surface area contributed by atoms with Crippen LogP contribution in [0.15, 0.2) is 70.2 Å². The monoisotopic (exact) mass is 411 g/mol. The second kappa shape index (κ2) is 7.44. The van der Waals surface area contributed by atoms with Crippen molar-refractivity contribution in [3.8, 4) is 11.6 Å². The Morgan fingerprint density at radius 2 is 1.93 bits per heavy atom. The number of benzene rings is 2. The molecule has 0 spiro atoms. The van der Waals surface area contributed by atoms with Gasteiger partial charge >= 0.3 is 5.97 Å². The van der Waals surface area contributed by atoms with E-state index >= 15 is 0 Å². The van der Waals surface area contributed by atoms with Crippen molar-refractivity contribution in [2.75, 3.05) is 4.72 Å². The Kier molecular flexibility index (Phi) is 4.81. The lowest BCUT2D eigenvalue weighted by molar-refractivity contribution is -0.136. The standard InChI is InChI=1S/C20H17N3O5S/c24-19(25)10-5-13-3-7-15(8-4-13)29(26,27)23-14-6-9-16-17(12-14)22-20(21-16)18-2-1-11-28-18/h1-4,6-9,11-12,23H,5,10H2,(H,21,22)(H,24,25). The van der Waals surface area contributed by atoms with E-state index in [9.17, 15) is 13.2 Å². The Morgan fingerprint density at radius 3 is 2.62 bits per heavy atom. The molecule has 148 valence electrons.